The Labute approximate surface area is 110 Å². The number of hydrogen-bond donors (Lipinski definition) is 2. The maximum Gasteiger partial charge on any atom is 0.231 e. The molecule has 0 bridgehead atoms. The lowest BCUT2D eigenvalue weighted by molar-refractivity contribution is 0.318. The summed E-state index contributed by atoms with van der Waals surface area (Å²) in [6, 6.07) is 1.79. The number of oxime groups is 1. The van der Waals surface area contributed by atoms with E-state index in [0.29, 0.717) is 23.0 Å². The number of rotatable bonds is 3. The van der Waals surface area contributed by atoms with Crippen LogP contribution in [0.2, 0.25) is 0 Å². The summed E-state index contributed by atoms with van der Waals surface area (Å²) in [4.78, 5) is 0. The van der Waals surface area contributed by atoms with Crippen LogP contribution in [-0.2, 0) is 14.1 Å². The van der Waals surface area contributed by atoms with Gasteiger partial charge in [-0.2, -0.15) is 10.2 Å². The van der Waals surface area contributed by atoms with Gasteiger partial charge in [-0.05, 0) is 13.8 Å². The zero-order valence-electron chi connectivity index (χ0n) is 11.2. The van der Waals surface area contributed by atoms with Crippen molar-refractivity contribution in [1.29, 1.82) is 0 Å². The molecule has 0 amide bonds. The lowest BCUT2D eigenvalue weighted by Crippen LogP contribution is -2.15. The van der Waals surface area contributed by atoms with Gasteiger partial charge in [0.1, 0.15) is 5.56 Å². The molecule has 2 aromatic rings. The number of nitrogens with zero attached hydrogens (tertiary/aromatic N) is 5. The third-order valence-corrected chi connectivity index (χ3v) is 2.69. The summed E-state index contributed by atoms with van der Waals surface area (Å²) < 4.78 is 8.90. The predicted molar refractivity (Wildman–Crippen MR) is 68.5 cm³/mol. The average molecular weight is 264 g/mol. The van der Waals surface area contributed by atoms with Gasteiger partial charge < -0.3 is 15.7 Å². The Hall–Kier alpha value is -2.51. The Balaban J connectivity index is 2.48. The van der Waals surface area contributed by atoms with Gasteiger partial charge in [-0.3, -0.25) is 0 Å². The quantitative estimate of drug-likeness (QED) is 0.367. The van der Waals surface area contributed by atoms with Crippen LogP contribution < -0.4 is 10.5 Å². The Morgan fingerprint density at radius 3 is 2.53 bits per heavy atom. The summed E-state index contributed by atoms with van der Waals surface area (Å²) in [5, 5.41) is 20.2. The molecular formula is C11H16N6O2. The van der Waals surface area contributed by atoms with Crippen molar-refractivity contribution in [2.24, 2.45) is 25.0 Å². The van der Waals surface area contributed by atoms with Gasteiger partial charge in [0.2, 0.25) is 11.8 Å². The van der Waals surface area contributed by atoms with Crippen molar-refractivity contribution in [2.75, 3.05) is 0 Å². The fourth-order valence-corrected chi connectivity index (χ4v) is 1.88. The Bertz CT molecular complexity index is 640. The first-order chi connectivity index (χ1) is 8.93. The van der Waals surface area contributed by atoms with Crippen molar-refractivity contribution in [3.05, 3.63) is 23.0 Å². The number of amidine groups is 1. The normalized spacial score (nSPS) is 11.9. The van der Waals surface area contributed by atoms with Gasteiger partial charge in [0, 0.05) is 20.2 Å². The third-order valence-electron chi connectivity index (χ3n) is 2.69. The molecule has 0 atom stereocenters. The van der Waals surface area contributed by atoms with E-state index in [1.807, 2.05) is 6.92 Å². The molecular weight excluding hydrogens is 248 g/mol. The summed E-state index contributed by atoms with van der Waals surface area (Å²) in [7, 11) is 3.49. The fraction of sp³-hybridized carbons (Fsp3) is 0.364. The van der Waals surface area contributed by atoms with Crippen LogP contribution in [-0.4, -0.2) is 30.6 Å². The summed E-state index contributed by atoms with van der Waals surface area (Å²) in [6.07, 6.45) is 0. The first-order valence-corrected chi connectivity index (χ1v) is 5.64. The molecule has 0 aromatic carbocycles. The van der Waals surface area contributed by atoms with Gasteiger partial charge in [0.05, 0.1) is 11.4 Å². The molecule has 0 fully saturated rings. The maximum absolute atomic E-state index is 8.82. The summed E-state index contributed by atoms with van der Waals surface area (Å²) >= 11 is 0. The predicted octanol–water partition coefficient (Wildman–Crippen LogP) is 0.657. The van der Waals surface area contributed by atoms with E-state index in [-0.39, 0.29) is 5.84 Å². The van der Waals surface area contributed by atoms with Crippen LogP contribution in [0, 0.1) is 13.8 Å². The maximum atomic E-state index is 8.82. The number of ether oxygens (including phenoxy) is 1. The molecule has 2 rings (SSSR count). The number of nitrogens with two attached hydrogens (primary N) is 1. The van der Waals surface area contributed by atoms with Crippen molar-refractivity contribution < 1.29 is 9.94 Å². The van der Waals surface area contributed by atoms with E-state index in [0.717, 1.165) is 5.69 Å². The number of hydrogen-bond acceptors (Lipinski definition) is 5. The lowest BCUT2D eigenvalue weighted by Gasteiger charge is -2.07. The Morgan fingerprint density at radius 1 is 1.32 bits per heavy atom. The minimum absolute atomic E-state index is 0.0421. The van der Waals surface area contributed by atoms with Gasteiger partial charge in [-0.1, -0.05) is 5.16 Å². The van der Waals surface area contributed by atoms with E-state index in [1.54, 1.807) is 31.8 Å². The topological polar surface area (TPSA) is 103 Å². The van der Waals surface area contributed by atoms with Gasteiger partial charge in [0.15, 0.2) is 5.84 Å². The van der Waals surface area contributed by atoms with E-state index < -0.39 is 0 Å². The summed E-state index contributed by atoms with van der Waals surface area (Å²) in [5.74, 6) is 0.905. The highest BCUT2D eigenvalue weighted by atomic mass is 16.5. The van der Waals surface area contributed by atoms with Crippen LogP contribution in [0.1, 0.15) is 17.0 Å². The molecule has 19 heavy (non-hydrogen) atoms. The van der Waals surface area contributed by atoms with E-state index in [9.17, 15) is 0 Å². The second kappa shape index (κ2) is 4.63. The van der Waals surface area contributed by atoms with Crippen molar-refractivity contribution >= 4 is 5.84 Å². The van der Waals surface area contributed by atoms with Gasteiger partial charge >= 0.3 is 0 Å². The highest BCUT2D eigenvalue weighted by Crippen LogP contribution is 2.27. The monoisotopic (exact) mass is 264 g/mol. The molecule has 0 aliphatic carbocycles. The SMILES string of the molecule is Cc1cc(Oc2c(/C(N)=N/O)c(C)nn2C)n(C)n1. The number of aromatic nitrogens is 4. The van der Waals surface area contributed by atoms with Crippen LogP contribution in [0.25, 0.3) is 0 Å². The van der Waals surface area contributed by atoms with E-state index in [2.05, 4.69) is 15.4 Å². The molecule has 2 heterocycles. The lowest BCUT2D eigenvalue weighted by atomic mass is 10.2. The zero-order chi connectivity index (χ0) is 14.2. The van der Waals surface area contributed by atoms with Crippen LogP contribution in [0.15, 0.2) is 11.2 Å². The first kappa shape index (κ1) is 12.9. The minimum atomic E-state index is -0.0421. The second-order valence-corrected chi connectivity index (χ2v) is 4.22. The largest absolute Gasteiger partial charge is 0.420 e. The van der Waals surface area contributed by atoms with E-state index in [1.165, 1.54) is 4.68 Å². The van der Waals surface area contributed by atoms with Crippen molar-refractivity contribution in [2.45, 2.75) is 13.8 Å². The smallest absolute Gasteiger partial charge is 0.231 e. The molecule has 0 aliphatic rings. The Morgan fingerprint density at radius 2 is 2.00 bits per heavy atom. The van der Waals surface area contributed by atoms with Crippen LogP contribution >= 0.6 is 0 Å². The van der Waals surface area contributed by atoms with Gasteiger partial charge in [-0.15, -0.1) is 0 Å². The molecule has 0 spiro atoms. The van der Waals surface area contributed by atoms with Crippen molar-refractivity contribution in [3.8, 4) is 11.8 Å². The highest BCUT2D eigenvalue weighted by molar-refractivity contribution is 6.00. The first-order valence-electron chi connectivity index (χ1n) is 5.64. The highest BCUT2D eigenvalue weighted by Gasteiger charge is 2.20. The minimum Gasteiger partial charge on any atom is -0.420 e. The van der Waals surface area contributed by atoms with Crippen molar-refractivity contribution in [3.63, 3.8) is 0 Å². The number of aryl methyl sites for hydroxylation is 4. The molecule has 102 valence electrons. The van der Waals surface area contributed by atoms with E-state index in [4.69, 9.17) is 15.7 Å². The molecule has 3 N–H and O–H groups in total. The molecule has 2 aromatic heterocycles. The van der Waals surface area contributed by atoms with Crippen LogP contribution in [0.5, 0.6) is 11.8 Å². The summed E-state index contributed by atoms with van der Waals surface area (Å²) in [6.45, 7) is 3.63. The summed E-state index contributed by atoms with van der Waals surface area (Å²) in [5.41, 5.74) is 7.56. The van der Waals surface area contributed by atoms with Crippen LogP contribution in [0.3, 0.4) is 0 Å². The van der Waals surface area contributed by atoms with Crippen LogP contribution in [0.4, 0.5) is 0 Å². The standard InChI is InChI=1S/C11H16N6O2/c1-6-5-8(16(3)13-6)19-11-9(10(12)15-18)7(2)14-17(11)4/h5,18H,1-4H3,(H2,12,15). The third kappa shape index (κ3) is 2.24. The van der Waals surface area contributed by atoms with Gasteiger partial charge in [-0.25, -0.2) is 9.36 Å². The molecule has 0 aliphatic heterocycles. The van der Waals surface area contributed by atoms with E-state index >= 15 is 0 Å². The Kier molecular flexibility index (Phi) is 3.16. The zero-order valence-corrected chi connectivity index (χ0v) is 11.2. The molecule has 8 nitrogen and oxygen atoms in total. The molecule has 0 saturated carbocycles. The van der Waals surface area contributed by atoms with Gasteiger partial charge in [0.25, 0.3) is 0 Å². The fourth-order valence-electron chi connectivity index (χ4n) is 1.88. The molecule has 0 radical (unpaired) electrons. The second-order valence-electron chi connectivity index (χ2n) is 4.22. The average Bonchev–Trinajstić information content (AvgIpc) is 2.79. The van der Waals surface area contributed by atoms with Crippen molar-refractivity contribution in [1.82, 2.24) is 19.6 Å². The molecule has 0 unspecified atom stereocenters. The molecule has 8 heteroatoms. The molecule has 0 saturated heterocycles.